The van der Waals surface area contributed by atoms with Gasteiger partial charge in [-0.3, -0.25) is 24.6 Å². The monoisotopic (exact) mass is 626 g/mol. The van der Waals surface area contributed by atoms with Crippen LogP contribution in [0.15, 0.2) is 53.3 Å². The Bertz CT molecular complexity index is 1670. The number of nitrogens with one attached hydrogen (secondary N) is 1. The Hall–Kier alpha value is -4.43. The second kappa shape index (κ2) is 10.9. The maximum Gasteiger partial charge on any atom is 0.417 e. The molecule has 0 aliphatic heterocycles. The minimum atomic E-state index is -2.78. The molecule has 0 bridgehead atoms. The minimum absolute atomic E-state index is 0.0806. The number of hydrogen-bond donors (Lipinski definition) is 6. The number of ether oxygens (including phenoxy) is 1. The van der Waals surface area contributed by atoms with E-state index in [0.29, 0.717) is 10.6 Å². The number of nitrogens with two attached hydrogens (primary N) is 1. The third-order valence-electron chi connectivity index (χ3n) is 8.52. The standard InChI is InChI=1S/C30H31ClN4O9/c1-34(2)21-14-9-10-17(33-29(42)44-13-7-5-12(31)6-8-13)23(36)18(14)24(37)19-15(21)11-16-22(35(3)4)25(38)20(28(32)41)27(40)30(16,43)26(19)39/h5-10,15-16,21-22,36-37,40,43H,11H2,1-4H3,(H2,32,41)(H,33,42)/t15?,16?,21?,22-,30-/m0/s1. The number of anilines is 1. The number of likely N-dealkylation sites (N-methyl/N-ethyl adjacent to an activating group) is 1. The van der Waals surface area contributed by atoms with Gasteiger partial charge in [0.05, 0.1) is 17.3 Å². The number of halogens is 1. The first-order valence-corrected chi connectivity index (χ1v) is 13.9. The SMILES string of the molecule is CN(C)C1c2ccc(NC(=O)Oc3ccc(Cl)cc3)c(O)c2C(O)=C2C(=O)[C@]3(O)C(O)=C(C(N)=O)C(=O)[C@@H](N(C)C)C3CC21. The molecule has 3 aliphatic rings. The van der Waals surface area contributed by atoms with E-state index >= 15 is 0 Å². The van der Waals surface area contributed by atoms with E-state index in [1.165, 1.54) is 49.3 Å². The minimum Gasteiger partial charge on any atom is -0.508 e. The summed E-state index contributed by atoms with van der Waals surface area (Å²) in [7, 11) is 6.48. The Balaban J connectivity index is 1.64. The molecule has 2 aromatic carbocycles. The van der Waals surface area contributed by atoms with Crippen LogP contribution in [0.4, 0.5) is 10.5 Å². The maximum absolute atomic E-state index is 14.2. The number of aromatic hydroxyl groups is 1. The molecule has 1 saturated carbocycles. The molecule has 3 unspecified atom stereocenters. The summed E-state index contributed by atoms with van der Waals surface area (Å²) in [6.07, 6.45) is -1.04. The number of carbonyl (C=O) groups excluding carboxylic acids is 4. The number of phenolic OH excluding ortho intramolecular Hbond substituents is 1. The predicted molar refractivity (Wildman–Crippen MR) is 158 cm³/mol. The Morgan fingerprint density at radius 3 is 2.18 bits per heavy atom. The van der Waals surface area contributed by atoms with Crippen molar-refractivity contribution in [3.8, 4) is 11.5 Å². The van der Waals surface area contributed by atoms with Gasteiger partial charge in [-0.1, -0.05) is 17.7 Å². The summed E-state index contributed by atoms with van der Waals surface area (Å²) in [5.41, 5.74) is 1.43. The van der Waals surface area contributed by atoms with Gasteiger partial charge in [-0.2, -0.15) is 0 Å². The Morgan fingerprint density at radius 1 is 1.00 bits per heavy atom. The topological polar surface area (TPSA) is 203 Å². The van der Waals surface area contributed by atoms with Crippen LogP contribution >= 0.6 is 11.6 Å². The maximum atomic E-state index is 14.2. The molecular weight excluding hydrogens is 596 g/mol. The zero-order chi connectivity index (χ0) is 32.4. The van der Waals surface area contributed by atoms with Crippen LogP contribution in [0.1, 0.15) is 23.6 Å². The zero-order valence-corrected chi connectivity index (χ0v) is 24.9. The van der Waals surface area contributed by atoms with Gasteiger partial charge in [-0.05, 0) is 70.5 Å². The van der Waals surface area contributed by atoms with Gasteiger partial charge >= 0.3 is 6.09 Å². The molecule has 14 heteroatoms. The van der Waals surface area contributed by atoms with E-state index in [-0.39, 0.29) is 29.0 Å². The number of phenols is 1. The van der Waals surface area contributed by atoms with Crippen LogP contribution in [0.3, 0.4) is 0 Å². The van der Waals surface area contributed by atoms with Crippen molar-refractivity contribution >= 4 is 46.6 Å². The first-order chi connectivity index (χ1) is 20.6. The molecule has 44 heavy (non-hydrogen) atoms. The van der Waals surface area contributed by atoms with Gasteiger partial charge in [0.1, 0.15) is 28.6 Å². The molecule has 0 heterocycles. The fourth-order valence-electron chi connectivity index (χ4n) is 6.72. The van der Waals surface area contributed by atoms with Gasteiger partial charge in [-0.15, -0.1) is 0 Å². The number of Topliss-reactive ketones (excluding diaryl/α,β-unsaturated/α-hetero) is 2. The first-order valence-electron chi connectivity index (χ1n) is 13.5. The van der Waals surface area contributed by atoms with Crippen LogP contribution in [0, 0.1) is 11.8 Å². The van der Waals surface area contributed by atoms with E-state index < -0.39 is 75.9 Å². The van der Waals surface area contributed by atoms with Gasteiger partial charge in [0.25, 0.3) is 5.91 Å². The highest BCUT2D eigenvalue weighted by molar-refractivity contribution is 6.30. The average Bonchev–Trinajstić information content (AvgIpc) is 2.93. The summed E-state index contributed by atoms with van der Waals surface area (Å²) in [6, 6.07) is 7.06. The molecule has 0 aromatic heterocycles. The summed E-state index contributed by atoms with van der Waals surface area (Å²) in [5.74, 6) is -7.64. The molecular formula is C30H31ClN4O9. The number of benzene rings is 2. The molecule has 5 atom stereocenters. The first kappa shape index (κ1) is 31.0. The molecule has 1 fully saturated rings. The third-order valence-corrected chi connectivity index (χ3v) is 8.77. The second-order valence-corrected chi connectivity index (χ2v) is 11.9. The lowest BCUT2D eigenvalue weighted by Crippen LogP contribution is -2.66. The number of fused-ring (bicyclic) bond motifs is 3. The third kappa shape index (κ3) is 4.59. The number of nitrogens with zero attached hydrogens (tertiary/aromatic N) is 2. The van der Waals surface area contributed by atoms with E-state index in [4.69, 9.17) is 22.1 Å². The summed E-state index contributed by atoms with van der Waals surface area (Å²) in [5, 5.41) is 48.6. The van der Waals surface area contributed by atoms with Crippen molar-refractivity contribution in [3.63, 3.8) is 0 Å². The van der Waals surface area contributed by atoms with Crippen molar-refractivity contribution in [1.29, 1.82) is 0 Å². The van der Waals surface area contributed by atoms with Crippen LogP contribution < -0.4 is 15.8 Å². The number of aliphatic hydroxyl groups excluding tert-OH is 2. The number of rotatable bonds is 5. The van der Waals surface area contributed by atoms with Crippen molar-refractivity contribution in [2.45, 2.75) is 24.1 Å². The summed E-state index contributed by atoms with van der Waals surface area (Å²) >= 11 is 5.86. The number of aliphatic hydroxyl groups is 3. The van der Waals surface area contributed by atoms with Crippen molar-refractivity contribution in [2.24, 2.45) is 17.6 Å². The summed E-state index contributed by atoms with van der Waals surface area (Å²) < 4.78 is 5.22. The predicted octanol–water partition coefficient (Wildman–Crippen LogP) is 2.29. The quantitative estimate of drug-likeness (QED) is 0.210. The molecule has 3 aliphatic carbocycles. The highest BCUT2D eigenvalue weighted by Crippen LogP contribution is 2.57. The lowest BCUT2D eigenvalue weighted by Gasteiger charge is -2.52. The van der Waals surface area contributed by atoms with E-state index in [2.05, 4.69) is 5.32 Å². The van der Waals surface area contributed by atoms with Crippen LogP contribution in [0.25, 0.3) is 5.76 Å². The van der Waals surface area contributed by atoms with Crippen molar-refractivity contribution < 1.29 is 44.3 Å². The van der Waals surface area contributed by atoms with E-state index in [9.17, 15) is 39.6 Å². The number of carbonyl (C=O) groups is 4. The fraction of sp³-hybridized carbons (Fsp3) is 0.333. The van der Waals surface area contributed by atoms with Gasteiger partial charge in [0.15, 0.2) is 11.4 Å². The molecule has 7 N–H and O–H groups in total. The fourth-order valence-corrected chi connectivity index (χ4v) is 6.85. The van der Waals surface area contributed by atoms with Crippen LogP contribution in [0.5, 0.6) is 11.5 Å². The number of hydrogen-bond acceptors (Lipinski definition) is 11. The molecule has 5 rings (SSSR count). The lowest BCUT2D eigenvalue weighted by molar-refractivity contribution is -0.154. The van der Waals surface area contributed by atoms with Crippen molar-refractivity contribution in [1.82, 2.24) is 9.80 Å². The second-order valence-electron chi connectivity index (χ2n) is 11.5. The molecule has 13 nitrogen and oxygen atoms in total. The highest BCUT2D eigenvalue weighted by Gasteiger charge is 2.65. The number of amides is 2. The van der Waals surface area contributed by atoms with E-state index in [1.54, 1.807) is 25.1 Å². The smallest absolute Gasteiger partial charge is 0.417 e. The largest absolute Gasteiger partial charge is 0.508 e. The van der Waals surface area contributed by atoms with Gasteiger partial charge < -0.3 is 35.8 Å². The molecule has 0 saturated heterocycles. The van der Waals surface area contributed by atoms with Crippen molar-refractivity contribution in [3.05, 3.63) is 69.5 Å². The number of primary amides is 1. The van der Waals surface area contributed by atoms with Crippen molar-refractivity contribution in [2.75, 3.05) is 33.5 Å². The van der Waals surface area contributed by atoms with Crippen LogP contribution in [0.2, 0.25) is 5.02 Å². The highest BCUT2D eigenvalue weighted by atomic mass is 35.5. The Labute approximate surface area is 256 Å². The van der Waals surface area contributed by atoms with Gasteiger partial charge in [0, 0.05) is 28.5 Å². The van der Waals surface area contributed by atoms with Crippen LogP contribution in [-0.4, -0.2) is 93.6 Å². The molecule has 0 spiro atoms. The Kier molecular flexibility index (Phi) is 7.70. The van der Waals surface area contributed by atoms with Gasteiger partial charge in [-0.25, -0.2) is 4.79 Å². The zero-order valence-electron chi connectivity index (χ0n) is 24.2. The number of ketones is 2. The Morgan fingerprint density at radius 2 is 1.61 bits per heavy atom. The lowest BCUT2D eigenvalue weighted by atomic mass is 9.56. The average molecular weight is 627 g/mol. The molecule has 2 amide bonds. The van der Waals surface area contributed by atoms with E-state index in [1.807, 2.05) is 0 Å². The summed E-state index contributed by atoms with van der Waals surface area (Å²) in [6.45, 7) is 0. The van der Waals surface area contributed by atoms with Crippen LogP contribution in [-0.2, 0) is 14.4 Å². The normalized spacial score (nSPS) is 26.4. The summed E-state index contributed by atoms with van der Waals surface area (Å²) in [4.78, 5) is 55.5. The van der Waals surface area contributed by atoms with Gasteiger partial charge in [0.2, 0.25) is 5.78 Å². The molecule has 0 radical (unpaired) electrons. The molecule has 232 valence electrons. The molecule has 2 aromatic rings. The van der Waals surface area contributed by atoms with E-state index in [0.717, 1.165) is 0 Å².